The summed E-state index contributed by atoms with van der Waals surface area (Å²) < 4.78 is 12.2. The highest BCUT2D eigenvalue weighted by Gasteiger charge is 2.24. The van der Waals surface area contributed by atoms with Crippen LogP contribution in [0.25, 0.3) is 11.1 Å². The van der Waals surface area contributed by atoms with Gasteiger partial charge in [-0.25, -0.2) is 0 Å². The fourth-order valence-corrected chi connectivity index (χ4v) is 5.55. The number of rotatable bonds is 9. The fraction of sp³-hybridized carbons (Fsp3) is 0.600. The minimum atomic E-state index is 0.0664. The molecule has 0 amide bonds. The predicted molar refractivity (Wildman–Crippen MR) is 134 cm³/mol. The van der Waals surface area contributed by atoms with Crippen molar-refractivity contribution in [2.45, 2.75) is 96.2 Å². The second kappa shape index (κ2) is 12.0. The molecule has 2 nitrogen and oxygen atoms in total. The zero-order valence-corrected chi connectivity index (χ0v) is 20.2. The highest BCUT2D eigenvalue weighted by Crippen LogP contribution is 2.38. The monoisotopic (exact) mass is 434 g/mol. The summed E-state index contributed by atoms with van der Waals surface area (Å²) >= 11 is 0. The summed E-state index contributed by atoms with van der Waals surface area (Å²) in [6, 6.07) is 18.2. The van der Waals surface area contributed by atoms with Gasteiger partial charge < -0.3 is 9.47 Å². The van der Waals surface area contributed by atoms with Gasteiger partial charge in [0.05, 0.1) is 19.3 Å². The maximum Gasteiger partial charge on any atom is 0.106 e. The average Bonchev–Trinajstić information content (AvgIpc) is 2.86. The van der Waals surface area contributed by atoms with E-state index in [4.69, 9.17) is 9.47 Å². The van der Waals surface area contributed by atoms with E-state index in [9.17, 15) is 0 Å². The van der Waals surface area contributed by atoms with Crippen molar-refractivity contribution in [3.63, 3.8) is 0 Å². The lowest BCUT2D eigenvalue weighted by Crippen LogP contribution is -2.31. The minimum Gasteiger partial charge on any atom is -0.373 e. The Labute approximate surface area is 195 Å². The molecule has 2 atom stereocenters. The van der Waals surface area contributed by atoms with Crippen LogP contribution in [0.4, 0.5) is 0 Å². The van der Waals surface area contributed by atoms with E-state index < -0.39 is 0 Å². The van der Waals surface area contributed by atoms with Gasteiger partial charge in [0, 0.05) is 0 Å². The van der Waals surface area contributed by atoms with Crippen LogP contribution in [0.15, 0.2) is 48.5 Å². The molecule has 0 unspecified atom stereocenters. The molecule has 1 saturated heterocycles. The van der Waals surface area contributed by atoms with E-state index in [0.29, 0.717) is 6.61 Å². The Morgan fingerprint density at radius 2 is 1.31 bits per heavy atom. The van der Waals surface area contributed by atoms with Gasteiger partial charge in [-0.3, -0.25) is 0 Å². The van der Waals surface area contributed by atoms with Gasteiger partial charge in [-0.15, -0.1) is 0 Å². The molecule has 0 bridgehead atoms. The first-order valence-electron chi connectivity index (χ1n) is 13.2. The van der Waals surface area contributed by atoms with E-state index in [2.05, 4.69) is 62.4 Å². The lowest BCUT2D eigenvalue weighted by molar-refractivity contribution is -0.137. The first-order chi connectivity index (χ1) is 15.8. The van der Waals surface area contributed by atoms with Gasteiger partial charge in [0.1, 0.15) is 6.10 Å². The summed E-state index contributed by atoms with van der Waals surface area (Å²) in [4.78, 5) is 0. The molecule has 0 N–H and O–H groups in total. The maximum atomic E-state index is 6.13. The lowest BCUT2D eigenvalue weighted by Gasteiger charge is -2.30. The average molecular weight is 435 g/mol. The van der Waals surface area contributed by atoms with Gasteiger partial charge >= 0.3 is 0 Å². The lowest BCUT2D eigenvalue weighted by atomic mass is 9.77. The van der Waals surface area contributed by atoms with E-state index in [-0.39, 0.29) is 12.2 Å². The molecular formula is C30H42O2. The Balaban J connectivity index is 1.29. The number of hydrogen-bond donors (Lipinski definition) is 0. The van der Waals surface area contributed by atoms with E-state index >= 15 is 0 Å². The summed E-state index contributed by atoms with van der Waals surface area (Å²) in [6.07, 6.45) is 13.5. The number of hydrogen-bond acceptors (Lipinski definition) is 2. The molecule has 174 valence electrons. The smallest absolute Gasteiger partial charge is 0.106 e. The van der Waals surface area contributed by atoms with Crippen LogP contribution in [-0.4, -0.2) is 19.3 Å². The van der Waals surface area contributed by atoms with E-state index in [1.807, 2.05) is 0 Å². The van der Waals surface area contributed by atoms with Crippen LogP contribution >= 0.6 is 0 Å². The summed E-state index contributed by atoms with van der Waals surface area (Å²) in [5.74, 6) is 1.73. The Hall–Kier alpha value is -1.64. The summed E-state index contributed by atoms with van der Waals surface area (Å²) in [7, 11) is 0. The van der Waals surface area contributed by atoms with Crippen molar-refractivity contribution in [3.05, 3.63) is 59.7 Å². The quantitative estimate of drug-likeness (QED) is 0.368. The molecule has 1 aliphatic heterocycles. The summed E-state index contributed by atoms with van der Waals surface area (Å²) in [5.41, 5.74) is 5.33. The second-order valence-electron chi connectivity index (χ2n) is 10.0. The van der Waals surface area contributed by atoms with Gasteiger partial charge in [-0.2, -0.15) is 0 Å². The van der Waals surface area contributed by atoms with Crippen molar-refractivity contribution in [2.24, 2.45) is 5.92 Å². The number of ether oxygens (including phenoxy) is 2. The first kappa shape index (κ1) is 23.5. The highest BCUT2D eigenvalue weighted by atomic mass is 16.6. The van der Waals surface area contributed by atoms with E-state index in [1.54, 1.807) is 0 Å². The molecule has 2 aromatic carbocycles. The van der Waals surface area contributed by atoms with Gasteiger partial charge in [-0.05, 0) is 66.2 Å². The second-order valence-corrected chi connectivity index (χ2v) is 10.0. The molecule has 2 aliphatic rings. The van der Waals surface area contributed by atoms with Crippen molar-refractivity contribution < 1.29 is 9.47 Å². The van der Waals surface area contributed by atoms with Gasteiger partial charge in [0.15, 0.2) is 0 Å². The third-order valence-electron chi connectivity index (χ3n) is 7.64. The van der Waals surface area contributed by atoms with Crippen LogP contribution in [-0.2, 0) is 9.47 Å². The first-order valence-corrected chi connectivity index (χ1v) is 13.2. The predicted octanol–water partition coefficient (Wildman–Crippen LogP) is 8.46. The molecular weight excluding hydrogens is 392 g/mol. The molecule has 0 radical (unpaired) electrons. The van der Waals surface area contributed by atoms with Gasteiger partial charge in [0.2, 0.25) is 0 Å². The van der Waals surface area contributed by atoms with Crippen molar-refractivity contribution in [1.82, 2.24) is 0 Å². The largest absolute Gasteiger partial charge is 0.373 e. The zero-order valence-electron chi connectivity index (χ0n) is 20.2. The SMILES string of the molecule is CCCCC[C@@H]1CO[C@@H](c2ccc(-c3ccc(C4CCC(CCC)CC4)cc3)cc2)CO1. The van der Waals surface area contributed by atoms with E-state index in [0.717, 1.165) is 24.9 Å². The molecule has 2 heteroatoms. The molecule has 1 heterocycles. The Bertz CT molecular complexity index is 779. The molecule has 4 rings (SSSR count). The molecule has 0 aromatic heterocycles. The molecule has 2 fully saturated rings. The fourth-order valence-electron chi connectivity index (χ4n) is 5.55. The number of unbranched alkanes of at least 4 members (excludes halogenated alkanes) is 2. The van der Waals surface area contributed by atoms with Crippen LogP contribution in [0.2, 0.25) is 0 Å². The highest BCUT2D eigenvalue weighted by molar-refractivity contribution is 5.64. The van der Waals surface area contributed by atoms with E-state index in [1.165, 1.54) is 80.0 Å². The molecule has 0 spiro atoms. The minimum absolute atomic E-state index is 0.0664. The Morgan fingerprint density at radius 3 is 1.88 bits per heavy atom. The number of benzene rings is 2. The third-order valence-corrected chi connectivity index (χ3v) is 7.64. The zero-order chi connectivity index (χ0) is 22.2. The van der Waals surface area contributed by atoms with Crippen LogP contribution in [0, 0.1) is 5.92 Å². The van der Waals surface area contributed by atoms with Crippen LogP contribution in [0.1, 0.15) is 101 Å². The standard InChI is InChI=1S/C30H42O2/c1-3-5-6-8-29-21-32-30(22-31-29)28-19-17-27(18-20-28)26-15-13-25(14-16-26)24-11-9-23(7-4-2)10-12-24/h13-20,23-24,29-30H,3-12,21-22H2,1-2H3/t23?,24?,29-,30-/m1/s1. The van der Waals surface area contributed by atoms with Crippen LogP contribution in [0.3, 0.4) is 0 Å². The molecule has 32 heavy (non-hydrogen) atoms. The van der Waals surface area contributed by atoms with Gasteiger partial charge in [-0.1, -0.05) is 94.5 Å². The topological polar surface area (TPSA) is 18.5 Å². The molecule has 1 saturated carbocycles. The molecule has 1 aliphatic carbocycles. The Morgan fingerprint density at radius 1 is 0.656 bits per heavy atom. The third kappa shape index (κ3) is 6.23. The summed E-state index contributed by atoms with van der Waals surface area (Å²) in [6.45, 7) is 5.95. The van der Waals surface area contributed by atoms with Crippen LogP contribution < -0.4 is 0 Å². The molecule has 2 aromatic rings. The van der Waals surface area contributed by atoms with Crippen molar-refractivity contribution in [1.29, 1.82) is 0 Å². The van der Waals surface area contributed by atoms with Crippen molar-refractivity contribution in [2.75, 3.05) is 13.2 Å². The van der Waals surface area contributed by atoms with Crippen LogP contribution in [0.5, 0.6) is 0 Å². The maximum absolute atomic E-state index is 6.13. The van der Waals surface area contributed by atoms with Crippen molar-refractivity contribution in [3.8, 4) is 11.1 Å². The summed E-state index contributed by atoms with van der Waals surface area (Å²) in [5, 5.41) is 0. The normalized spacial score (nSPS) is 26.2. The van der Waals surface area contributed by atoms with Gasteiger partial charge in [0.25, 0.3) is 0 Å². The van der Waals surface area contributed by atoms with Crippen molar-refractivity contribution >= 4 is 0 Å². The Kier molecular flexibility index (Phi) is 8.82.